The lowest BCUT2D eigenvalue weighted by molar-refractivity contribution is -0.782. The van der Waals surface area contributed by atoms with E-state index in [-0.39, 0.29) is 5.75 Å². The first kappa shape index (κ1) is 11.3. The normalized spacial score (nSPS) is 11.4. The molecular formula is C14H10N2O3. The molecule has 0 aliphatic carbocycles. The van der Waals surface area contributed by atoms with Gasteiger partial charge in [-0.25, -0.2) is 0 Å². The van der Waals surface area contributed by atoms with E-state index in [0.717, 1.165) is 11.1 Å². The van der Waals surface area contributed by atoms with Gasteiger partial charge >= 0.3 is 0 Å². The van der Waals surface area contributed by atoms with E-state index in [1.54, 1.807) is 24.3 Å². The van der Waals surface area contributed by atoms with Crippen LogP contribution in [0.25, 0.3) is 23.2 Å². The van der Waals surface area contributed by atoms with Crippen molar-refractivity contribution in [2.45, 2.75) is 0 Å². The average Bonchev–Trinajstić information content (AvgIpc) is 2.79. The third-order valence-corrected chi connectivity index (χ3v) is 2.77. The van der Waals surface area contributed by atoms with Crippen LogP contribution in [0.3, 0.4) is 0 Å². The van der Waals surface area contributed by atoms with Crippen molar-refractivity contribution >= 4 is 23.2 Å². The largest absolute Gasteiger partial charge is 0.508 e. The maximum Gasteiger partial charge on any atom is 0.249 e. The van der Waals surface area contributed by atoms with Gasteiger partial charge in [0.15, 0.2) is 0 Å². The zero-order valence-corrected chi connectivity index (χ0v) is 9.85. The molecule has 0 saturated carbocycles. The zero-order valence-electron chi connectivity index (χ0n) is 9.85. The third kappa shape index (κ3) is 2.26. The quantitative estimate of drug-likeness (QED) is 0.562. The van der Waals surface area contributed by atoms with Crippen LogP contribution in [-0.2, 0) is 0 Å². The van der Waals surface area contributed by atoms with Gasteiger partial charge in [0.25, 0.3) is 0 Å². The molecule has 0 unspecified atom stereocenters. The Labute approximate surface area is 108 Å². The van der Waals surface area contributed by atoms with E-state index in [9.17, 15) is 10.3 Å². The number of hydrogen-bond acceptors (Lipinski definition) is 4. The molecule has 5 heteroatoms. The number of aromatic hydroxyl groups is 1. The van der Waals surface area contributed by atoms with E-state index in [1.807, 2.05) is 30.4 Å². The van der Waals surface area contributed by atoms with E-state index in [2.05, 4.69) is 9.79 Å². The summed E-state index contributed by atoms with van der Waals surface area (Å²) in [6.45, 7) is 0. The minimum atomic E-state index is 0.237. The van der Waals surface area contributed by atoms with E-state index in [0.29, 0.717) is 15.9 Å². The molecule has 0 fully saturated rings. The molecule has 0 radical (unpaired) electrons. The van der Waals surface area contributed by atoms with Crippen LogP contribution in [0.5, 0.6) is 5.75 Å². The minimum Gasteiger partial charge on any atom is -0.508 e. The van der Waals surface area contributed by atoms with Crippen molar-refractivity contribution in [2.75, 3.05) is 0 Å². The summed E-state index contributed by atoms with van der Waals surface area (Å²) in [6, 6.07) is 12.1. The molecule has 5 nitrogen and oxygen atoms in total. The highest BCUT2D eigenvalue weighted by Crippen LogP contribution is 2.15. The van der Waals surface area contributed by atoms with Crippen LogP contribution in [0.1, 0.15) is 11.1 Å². The first-order valence-electron chi connectivity index (χ1n) is 5.69. The average molecular weight is 254 g/mol. The van der Waals surface area contributed by atoms with E-state index in [4.69, 9.17) is 0 Å². The molecule has 19 heavy (non-hydrogen) atoms. The summed E-state index contributed by atoms with van der Waals surface area (Å²) in [6.07, 6.45) is 3.81. The summed E-state index contributed by atoms with van der Waals surface area (Å²) < 4.78 is 4.51. The Morgan fingerprint density at radius 3 is 2.53 bits per heavy atom. The standard InChI is InChI=1S/C14H10N2O3/c17-12-6-3-10(4-7-12)1-2-11-5-8-14-13(9-11)15-19-16(14)18/h1-9,17H/b2-1+. The van der Waals surface area contributed by atoms with Gasteiger partial charge in [0.1, 0.15) is 5.75 Å². The Morgan fingerprint density at radius 1 is 1.05 bits per heavy atom. The van der Waals surface area contributed by atoms with Gasteiger partial charge < -0.3 is 10.3 Å². The Bertz CT molecular complexity index is 745. The van der Waals surface area contributed by atoms with E-state index in [1.165, 1.54) is 0 Å². The van der Waals surface area contributed by atoms with Gasteiger partial charge in [-0.2, -0.15) is 0 Å². The molecule has 0 aliphatic rings. The van der Waals surface area contributed by atoms with Crippen molar-refractivity contribution in [3.05, 3.63) is 58.8 Å². The Hall–Kier alpha value is -2.82. The van der Waals surface area contributed by atoms with Crippen molar-refractivity contribution < 1.29 is 14.6 Å². The molecule has 3 rings (SSSR count). The molecule has 0 atom stereocenters. The fourth-order valence-electron chi connectivity index (χ4n) is 1.77. The second kappa shape index (κ2) is 4.45. The van der Waals surface area contributed by atoms with Crippen LogP contribution < -0.4 is 4.90 Å². The molecular weight excluding hydrogens is 244 g/mol. The first-order valence-corrected chi connectivity index (χ1v) is 5.69. The van der Waals surface area contributed by atoms with Gasteiger partial charge in [-0.1, -0.05) is 30.4 Å². The van der Waals surface area contributed by atoms with Crippen LogP contribution >= 0.6 is 0 Å². The predicted octanol–water partition coefficient (Wildman–Crippen LogP) is 2.34. The van der Waals surface area contributed by atoms with Gasteiger partial charge in [0, 0.05) is 11.2 Å². The molecule has 1 heterocycles. The highest BCUT2D eigenvalue weighted by atomic mass is 16.8. The fourth-order valence-corrected chi connectivity index (χ4v) is 1.77. The molecule has 3 aromatic rings. The molecule has 1 N–H and O–H groups in total. The molecule has 0 spiro atoms. The van der Waals surface area contributed by atoms with Crippen molar-refractivity contribution in [3.63, 3.8) is 0 Å². The second-order valence-corrected chi connectivity index (χ2v) is 4.10. The number of phenols is 1. The zero-order chi connectivity index (χ0) is 13.2. The summed E-state index contributed by atoms with van der Waals surface area (Å²) in [4.78, 5) is 0.378. The van der Waals surface area contributed by atoms with Gasteiger partial charge in [-0.3, -0.25) is 4.63 Å². The Morgan fingerprint density at radius 2 is 1.74 bits per heavy atom. The maximum atomic E-state index is 11.1. The van der Waals surface area contributed by atoms with Gasteiger partial charge in [-0.15, -0.1) is 0 Å². The molecule has 2 aromatic carbocycles. The minimum absolute atomic E-state index is 0.237. The predicted molar refractivity (Wildman–Crippen MR) is 70.0 cm³/mol. The van der Waals surface area contributed by atoms with Crippen molar-refractivity contribution in [2.24, 2.45) is 0 Å². The molecule has 0 amide bonds. The van der Waals surface area contributed by atoms with Gasteiger partial charge in [-0.05, 0) is 34.2 Å². The van der Waals surface area contributed by atoms with Crippen LogP contribution in [0.2, 0.25) is 0 Å². The first-order chi connectivity index (χ1) is 9.22. The number of fused-ring (bicyclic) bond motifs is 1. The molecule has 0 saturated heterocycles. The SMILES string of the molecule is [O-][n+]1onc2cc(/C=C/c3ccc(O)cc3)ccc21. The summed E-state index contributed by atoms with van der Waals surface area (Å²) in [5, 5.41) is 24.0. The van der Waals surface area contributed by atoms with Crippen molar-refractivity contribution in [3.8, 4) is 5.75 Å². The Kier molecular flexibility index (Phi) is 2.64. The lowest BCUT2D eigenvalue weighted by Gasteiger charge is -1.94. The molecule has 0 bridgehead atoms. The summed E-state index contributed by atoms with van der Waals surface area (Å²) in [5.41, 5.74) is 2.80. The second-order valence-electron chi connectivity index (χ2n) is 4.10. The Balaban J connectivity index is 1.90. The number of phenolic OH excluding ortho intramolecular Hbond substituents is 1. The molecule has 0 aliphatic heterocycles. The number of rotatable bonds is 2. The van der Waals surface area contributed by atoms with Crippen molar-refractivity contribution in [1.82, 2.24) is 5.16 Å². The third-order valence-electron chi connectivity index (χ3n) is 2.77. The topological polar surface area (TPSA) is 73.2 Å². The lowest BCUT2D eigenvalue weighted by Crippen LogP contribution is -2.22. The van der Waals surface area contributed by atoms with E-state index < -0.39 is 0 Å². The molecule has 94 valence electrons. The summed E-state index contributed by atoms with van der Waals surface area (Å²) >= 11 is 0. The monoisotopic (exact) mass is 254 g/mol. The fraction of sp³-hybridized carbons (Fsp3) is 0. The highest BCUT2D eigenvalue weighted by Gasteiger charge is 2.07. The van der Waals surface area contributed by atoms with Gasteiger partial charge in [0.2, 0.25) is 11.0 Å². The number of hydrogen-bond donors (Lipinski definition) is 1. The van der Waals surface area contributed by atoms with Crippen molar-refractivity contribution in [1.29, 1.82) is 0 Å². The smallest absolute Gasteiger partial charge is 0.249 e. The van der Waals surface area contributed by atoms with E-state index >= 15 is 0 Å². The van der Waals surface area contributed by atoms with Crippen LogP contribution in [0.4, 0.5) is 0 Å². The van der Waals surface area contributed by atoms with Crippen LogP contribution in [0.15, 0.2) is 47.1 Å². The lowest BCUT2D eigenvalue weighted by atomic mass is 10.1. The van der Waals surface area contributed by atoms with Gasteiger partial charge in [0.05, 0.1) is 0 Å². The highest BCUT2D eigenvalue weighted by molar-refractivity contribution is 5.78. The van der Waals surface area contributed by atoms with Crippen LogP contribution in [0, 0.1) is 5.21 Å². The maximum absolute atomic E-state index is 11.1. The molecule has 1 aromatic heterocycles. The number of nitrogens with zero attached hydrogens (tertiary/aromatic N) is 2. The number of aromatic nitrogens is 2. The van der Waals surface area contributed by atoms with Crippen LogP contribution in [-0.4, -0.2) is 10.3 Å². The summed E-state index contributed by atoms with van der Waals surface area (Å²) in [7, 11) is 0. The number of benzene rings is 2. The summed E-state index contributed by atoms with van der Waals surface area (Å²) in [5.74, 6) is 0.237.